The number of methoxy groups -OCH3 is 1. The number of pyridine rings is 2. The zero-order valence-corrected chi connectivity index (χ0v) is 21.7. The van der Waals surface area contributed by atoms with Gasteiger partial charge in [-0.15, -0.1) is 0 Å². The molecule has 9 heteroatoms. The van der Waals surface area contributed by atoms with Crippen LogP contribution in [0.15, 0.2) is 35.4 Å². The summed E-state index contributed by atoms with van der Waals surface area (Å²) in [6, 6.07) is 6.04. The van der Waals surface area contributed by atoms with E-state index in [0.717, 1.165) is 24.1 Å². The molecule has 0 amide bonds. The summed E-state index contributed by atoms with van der Waals surface area (Å²) in [6.45, 7) is 13.5. The summed E-state index contributed by atoms with van der Waals surface area (Å²) in [5, 5.41) is 6.74. The molecule has 3 rings (SSSR count). The van der Waals surface area contributed by atoms with Crippen LogP contribution < -0.4 is 20.9 Å². The Morgan fingerprint density at radius 2 is 1.86 bits per heavy atom. The van der Waals surface area contributed by atoms with Gasteiger partial charge in [-0.25, -0.2) is 15.0 Å². The standard InChI is InChI=1S/C26H38N6O3/c1-7-11-35-12-10-32-21-13-20(19-8-9-22(34-6)27-14-19)15-28-23(21)31-24(25(32)33)30-17-26(4,5)16-29-18(2)3/h8-9,13-15,18,29H,7,10-12,16-17H2,1-6H3,(H,28,30,31). The molecule has 3 heterocycles. The number of nitrogens with one attached hydrogen (secondary N) is 2. The third-order valence-corrected chi connectivity index (χ3v) is 5.61. The van der Waals surface area contributed by atoms with Crippen LogP contribution in [0.3, 0.4) is 0 Å². The molecule has 0 aliphatic heterocycles. The van der Waals surface area contributed by atoms with Gasteiger partial charge in [-0.05, 0) is 24.0 Å². The van der Waals surface area contributed by atoms with Gasteiger partial charge in [-0.2, -0.15) is 0 Å². The van der Waals surface area contributed by atoms with Crippen molar-refractivity contribution in [1.29, 1.82) is 0 Å². The first kappa shape index (κ1) is 26.6. The van der Waals surface area contributed by atoms with Crippen molar-refractivity contribution in [3.63, 3.8) is 0 Å². The Kier molecular flexibility index (Phi) is 9.17. The first-order valence-electron chi connectivity index (χ1n) is 12.2. The van der Waals surface area contributed by atoms with Crippen LogP contribution >= 0.6 is 0 Å². The maximum absolute atomic E-state index is 13.5. The molecule has 0 unspecified atom stereocenters. The number of nitrogens with zero attached hydrogens (tertiary/aromatic N) is 4. The molecule has 0 aliphatic carbocycles. The average molecular weight is 483 g/mol. The van der Waals surface area contributed by atoms with Gasteiger partial charge >= 0.3 is 0 Å². The lowest BCUT2D eigenvalue weighted by atomic mass is 9.93. The van der Waals surface area contributed by atoms with Gasteiger partial charge in [-0.3, -0.25) is 9.36 Å². The zero-order chi connectivity index (χ0) is 25.4. The topological polar surface area (TPSA) is 103 Å². The molecule has 3 aromatic heterocycles. The Labute approximate surface area is 207 Å². The summed E-state index contributed by atoms with van der Waals surface area (Å²) in [4.78, 5) is 26.9. The van der Waals surface area contributed by atoms with Gasteiger partial charge in [0.1, 0.15) is 0 Å². The molecule has 0 aromatic carbocycles. The molecule has 0 saturated heterocycles. The number of ether oxygens (including phenoxy) is 2. The fraction of sp³-hybridized carbons (Fsp3) is 0.538. The van der Waals surface area contributed by atoms with Crippen molar-refractivity contribution in [2.45, 2.75) is 53.6 Å². The van der Waals surface area contributed by atoms with Gasteiger partial charge in [0.25, 0.3) is 5.56 Å². The van der Waals surface area contributed by atoms with Gasteiger partial charge in [0.05, 0.1) is 19.2 Å². The number of anilines is 1. The van der Waals surface area contributed by atoms with Crippen molar-refractivity contribution >= 4 is 17.0 Å². The lowest BCUT2D eigenvalue weighted by Gasteiger charge is -2.27. The monoisotopic (exact) mass is 482 g/mol. The molecule has 9 nitrogen and oxygen atoms in total. The van der Waals surface area contributed by atoms with Crippen molar-refractivity contribution in [2.24, 2.45) is 5.41 Å². The SMILES string of the molecule is CCCOCCn1c(=O)c(NCC(C)(C)CNC(C)C)nc2ncc(-c3ccc(OC)nc3)cc21. The highest BCUT2D eigenvalue weighted by Crippen LogP contribution is 2.23. The minimum absolute atomic E-state index is 0.0684. The summed E-state index contributed by atoms with van der Waals surface area (Å²) in [7, 11) is 1.58. The fourth-order valence-electron chi connectivity index (χ4n) is 3.56. The van der Waals surface area contributed by atoms with E-state index in [9.17, 15) is 4.79 Å². The summed E-state index contributed by atoms with van der Waals surface area (Å²) >= 11 is 0. The summed E-state index contributed by atoms with van der Waals surface area (Å²) in [5.41, 5.74) is 2.64. The van der Waals surface area contributed by atoms with Crippen molar-refractivity contribution in [2.75, 3.05) is 38.7 Å². The smallest absolute Gasteiger partial charge is 0.293 e. The first-order valence-corrected chi connectivity index (χ1v) is 12.2. The molecule has 2 N–H and O–H groups in total. The van der Waals surface area contributed by atoms with Crippen molar-refractivity contribution in [1.82, 2.24) is 24.8 Å². The Morgan fingerprint density at radius 3 is 2.51 bits per heavy atom. The highest BCUT2D eigenvalue weighted by atomic mass is 16.5. The molecule has 0 saturated carbocycles. The molecule has 0 bridgehead atoms. The first-order chi connectivity index (χ1) is 16.7. The normalized spacial score (nSPS) is 11.9. The lowest BCUT2D eigenvalue weighted by molar-refractivity contribution is 0.127. The van der Waals surface area contributed by atoms with Crippen molar-refractivity contribution < 1.29 is 9.47 Å². The van der Waals surface area contributed by atoms with Crippen LogP contribution in [0.4, 0.5) is 5.82 Å². The van der Waals surface area contributed by atoms with E-state index in [-0.39, 0.29) is 11.0 Å². The van der Waals surface area contributed by atoms with Gasteiger partial charge in [0, 0.05) is 61.9 Å². The highest BCUT2D eigenvalue weighted by Gasteiger charge is 2.20. The van der Waals surface area contributed by atoms with E-state index < -0.39 is 0 Å². The van der Waals surface area contributed by atoms with Crippen LogP contribution in [-0.2, 0) is 11.3 Å². The van der Waals surface area contributed by atoms with Crippen LogP contribution in [0.2, 0.25) is 0 Å². The Bertz CT molecular complexity index is 1160. The number of fused-ring (bicyclic) bond motifs is 1. The Balaban J connectivity index is 1.95. The molecule has 0 fully saturated rings. The van der Waals surface area contributed by atoms with E-state index in [0.29, 0.717) is 55.2 Å². The second kappa shape index (κ2) is 12.1. The lowest BCUT2D eigenvalue weighted by Crippen LogP contribution is -2.39. The number of rotatable bonds is 13. The second-order valence-electron chi connectivity index (χ2n) is 9.74. The van der Waals surface area contributed by atoms with Crippen LogP contribution in [0.1, 0.15) is 41.0 Å². The molecule has 0 spiro atoms. The van der Waals surface area contributed by atoms with Crippen LogP contribution in [-0.4, -0.2) is 59.0 Å². The summed E-state index contributed by atoms with van der Waals surface area (Å²) in [6.07, 6.45) is 4.40. The minimum atomic E-state index is -0.183. The summed E-state index contributed by atoms with van der Waals surface area (Å²) in [5.74, 6) is 0.841. The Hall–Kier alpha value is -3.04. The predicted octanol–water partition coefficient (Wildman–Crippen LogP) is 3.72. The predicted molar refractivity (Wildman–Crippen MR) is 140 cm³/mol. The molecule has 0 atom stereocenters. The second-order valence-corrected chi connectivity index (χ2v) is 9.74. The number of hydrogen-bond donors (Lipinski definition) is 2. The maximum Gasteiger partial charge on any atom is 0.293 e. The maximum atomic E-state index is 13.5. The minimum Gasteiger partial charge on any atom is -0.481 e. The highest BCUT2D eigenvalue weighted by molar-refractivity contribution is 5.78. The molecule has 0 radical (unpaired) electrons. The van der Waals surface area contributed by atoms with Gasteiger partial charge < -0.3 is 20.1 Å². The third kappa shape index (κ3) is 7.22. The van der Waals surface area contributed by atoms with Crippen LogP contribution in [0, 0.1) is 5.41 Å². The van der Waals surface area contributed by atoms with Gasteiger partial charge in [-0.1, -0.05) is 34.6 Å². The van der Waals surface area contributed by atoms with Crippen molar-refractivity contribution in [3.05, 3.63) is 40.9 Å². The largest absolute Gasteiger partial charge is 0.481 e. The van der Waals surface area contributed by atoms with E-state index >= 15 is 0 Å². The average Bonchev–Trinajstić information content (AvgIpc) is 2.85. The van der Waals surface area contributed by atoms with Crippen LogP contribution in [0.25, 0.3) is 22.3 Å². The van der Waals surface area contributed by atoms with Crippen LogP contribution in [0.5, 0.6) is 5.88 Å². The summed E-state index contributed by atoms with van der Waals surface area (Å²) < 4.78 is 12.5. The number of aromatic nitrogens is 4. The molecular weight excluding hydrogens is 444 g/mol. The molecular formula is C26H38N6O3. The van der Waals surface area contributed by atoms with E-state index in [1.54, 1.807) is 30.1 Å². The molecule has 0 aliphatic rings. The van der Waals surface area contributed by atoms with Gasteiger partial charge in [0.2, 0.25) is 5.88 Å². The fourth-order valence-corrected chi connectivity index (χ4v) is 3.56. The molecule has 190 valence electrons. The molecule has 3 aromatic rings. The zero-order valence-electron chi connectivity index (χ0n) is 21.7. The van der Waals surface area contributed by atoms with E-state index in [2.05, 4.69) is 60.2 Å². The Morgan fingerprint density at radius 1 is 1.09 bits per heavy atom. The van der Waals surface area contributed by atoms with E-state index in [1.165, 1.54) is 0 Å². The third-order valence-electron chi connectivity index (χ3n) is 5.61. The quantitative estimate of drug-likeness (QED) is 0.355. The number of hydrogen-bond acceptors (Lipinski definition) is 8. The van der Waals surface area contributed by atoms with E-state index in [4.69, 9.17) is 9.47 Å². The van der Waals surface area contributed by atoms with E-state index in [1.807, 2.05) is 12.1 Å². The van der Waals surface area contributed by atoms with Crippen molar-refractivity contribution in [3.8, 4) is 17.0 Å². The molecule has 35 heavy (non-hydrogen) atoms. The van der Waals surface area contributed by atoms with Gasteiger partial charge in [0.15, 0.2) is 11.5 Å².